The maximum absolute atomic E-state index is 14.4. The standard InChI is InChI=1S/C34H35N3O5/c1-22-15-28(18-32(40)36-20-25-10-6-5-9-24(25)16-27(36)21-38)42-34(22)29-17-26(35-14-13-31(35)39)11-12-30(29)37(33(34)41)19-23-7-3-2-4-8-23/h2-12,17,22,27-28,38H,13-16,18-21H2,1H3/t22-,27-,28-,34+/m0/s1. The van der Waals surface area contributed by atoms with Gasteiger partial charge in [0, 0.05) is 36.7 Å². The lowest BCUT2D eigenvalue weighted by Gasteiger charge is -2.36. The Kier molecular flexibility index (Phi) is 6.63. The van der Waals surface area contributed by atoms with Gasteiger partial charge in [-0.3, -0.25) is 14.4 Å². The van der Waals surface area contributed by atoms with Crippen molar-refractivity contribution in [3.63, 3.8) is 0 Å². The van der Waals surface area contributed by atoms with Crippen LogP contribution in [0.3, 0.4) is 0 Å². The lowest BCUT2D eigenvalue weighted by atomic mass is 9.82. The molecule has 0 bridgehead atoms. The van der Waals surface area contributed by atoms with Crippen LogP contribution in [0.25, 0.3) is 0 Å². The van der Waals surface area contributed by atoms with Crippen molar-refractivity contribution >= 4 is 29.1 Å². The molecule has 4 heterocycles. The third-order valence-corrected chi connectivity index (χ3v) is 9.53. The number of rotatable bonds is 6. The average Bonchev–Trinajstić information content (AvgIpc) is 3.45. The molecule has 4 aliphatic heterocycles. The summed E-state index contributed by atoms with van der Waals surface area (Å²) in [4.78, 5) is 45.7. The van der Waals surface area contributed by atoms with Gasteiger partial charge in [0.25, 0.3) is 5.91 Å². The fraction of sp³-hybridized carbons (Fsp3) is 0.382. The number of ether oxygens (including phenoxy) is 1. The van der Waals surface area contributed by atoms with E-state index in [1.54, 1.807) is 14.7 Å². The second-order valence-corrected chi connectivity index (χ2v) is 12.0. The van der Waals surface area contributed by atoms with Crippen molar-refractivity contribution in [3.05, 3.63) is 95.1 Å². The van der Waals surface area contributed by atoms with Gasteiger partial charge < -0.3 is 24.5 Å². The molecule has 2 saturated heterocycles. The van der Waals surface area contributed by atoms with E-state index in [1.165, 1.54) is 0 Å². The number of amides is 3. The number of benzene rings is 3. The summed E-state index contributed by atoms with van der Waals surface area (Å²) in [5, 5.41) is 10.1. The van der Waals surface area contributed by atoms with Crippen LogP contribution in [-0.4, -0.2) is 53.0 Å². The first-order chi connectivity index (χ1) is 20.4. The van der Waals surface area contributed by atoms with Crippen LogP contribution in [0, 0.1) is 5.92 Å². The number of carbonyl (C=O) groups is 3. The molecule has 0 aromatic heterocycles. The van der Waals surface area contributed by atoms with Crippen molar-refractivity contribution in [1.29, 1.82) is 0 Å². The first-order valence-electron chi connectivity index (χ1n) is 14.8. The van der Waals surface area contributed by atoms with Gasteiger partial charge in [-0.1, -0.05) is 61.5 Å². The fourth-order valence-electron chi connectivity index (χ4n) is 7.22. The van der Waals surface area contributed by atoms with E-state index in [4.69, 9.17) is 4.74 Å². The number of aliphatic hydroxyl groups is 1. The van der Waals surface area contributed by atoms with Gasteiger partial charge in [-0.2, -0.15) is 0 Å². The van der Waals surface area contributed by atoms with Crippen molar-refractivity contribution in [2.24, 2.45) is 5.92 Å². The molecule has 0 unspecified atom stereocenters. The van der Waals surface area contributed by atoms with Crippen LogP contribution in [0.4, 0.5) is 11.4 Å². The molecule has 0 saturated carbocycles. The monoisotopic (exact) mass is 565 g/mol. The summed E-state index contributed by atoms with van der Waals surface area (Å²) in [6.45, 7) is 3.43. The van der Waals surface area contributed by atoms with Crippen LogP contribution < -0.4 is 9.80 Å². The molecule has 1 N–H and O–H groups in total. The number of hydrogen-bond acceptors (Lipinski definition) is 5. The Morgan fingerprint density at radius 1 is 1.02 bits per heavy atom. The van der Waals surface area contributed by atoms with E-state index in [0.29, 0.717) is 38.9 Å². The van der Waals surface area contributed by atoms with E-state index in [2.05, 4.69) is 6.07 Å². The van der Waals surface area contributed by atoms with Crippen LogP contribution in [0.15, 0.2) is 72.8 Å². The summed E-state index contributed by atoms with van der Waals surface area (Å²) in [6, 6.07) is 23.4. The molecule has 1 spiro atoms. The van der Waals surface area contributed by atoms with Gasteiger partial charge in [-0.25, -0.2) is 0 Å². The number of nitrogens with zero attached hydrogens (tertiary/aromatic N) is 3. The molecule has 3 amide bonds. The first-order valence-corrected chi connectivity index (χ1v) is 14.8. The molecule has 7 rings (SSSR count). The number of fused-ring (bicyclic) bond motifs is 3. The van der Waals surface area contributed by atoms with Crippen molar-refractivity contribution in [2.45, 2.75) is 63.4 Å². The Hall–Kier alpha value is -4.01. The third-order valence-electron chi connectivity index (χ3n) is 9.53. The van der Waals surface area contributed by atoms with Gasteiger partial charge in [-0.15, -0.1) is 0 Å². The van der Waals surface area contributed by atoms with Crippen molar-refractivity contribution in [2.75, 3.05) is 23.0 Å². The molecule has 216 valence electrons. The zero-order chi connectivity index (χ0) is 29.0. The Balaban J connectivity index is 1.18. The van der Waals surface area contributed by atoms with E-state index in [0.717, 1.165) is 33.6 Å². The van der Waals surface area contributed by atoms with E-state index in [9.17, 15) is 19.5 Å². The highest BCUT2D eigenvalue weighted by Gasteiger charge is 2.60. The second-order valence-electron chi connectivity index (χ2n) is 12.0. The molecule has 42 heavy (non-hydrogen) atoms. The molecular weight excluding hydrogens is 530 g/mol. The number of aliphatic hydroxyl groups excluding tert-OH is 1. The minimum absolute atomic E-state index is 0.0693. The predicted molar refractivity (Wildman–Crippen MR) is 158 cm³/mol. The smallest absolute Gasteiger partial charge is 0.264 e. The Labute approximate surface area is 245 Å². The maximum Gasteiger partial charge on any atom is 0.264 e. The Bertz CT molecular complexity index is 1560. The lowest BCUT2D eigenvalue weighted by Crippen LogP contribution is -2.47. The number of anilines is 2. The minimum atomic E-state index is -1.23. The van der Waals surface area contributed by atoms with E-state index in [1.807, 2.05) is 73.7 Å². The van der Waals surface area contributed by atoms with E-state index < -0.39 is 11.7 Å². The summed E-state index contributed by atoms with van der Waals surface area (Å²) < 4.78 is 6.74. The van der Waals surface area contributed by atoms with E-state index >= 15 is 0 Å². The molecule has 3 aromatic carbocycles. The van der Waals surface area contributed by atoms with E-state index in [-0.39, 0.29) is 42.7 Å². The zero-order valence-corrected chi connectivity index (χ0v) is 23.7. The summed E-state index contributed by atoms with van der Waals surface area (Å²) in [5.74, 6) is -0.319. The number of hydrogen-bond donors (Lipinski definition) is 1. The topological polar surface area (TPSA) is 90.4 Å². The first kappa shape index (κ1) is 26.9. The van der Waals surface area contributed by atoms with Crippen LogP contribution in [0.5, 0.6) is 0 Å². The molecule has 4 atom stereocenters. The van der Waals surface area contributed by atoms with Crippen molar-refractivity contribution in [3.8, 4) is 0 Å². The molecule has 0 radical (unpaired) electrons. The maximum atomic E-state index is 14.4. The lowest BCUT2D eigenvalue weighted by molar-refractivity contribution is -0.151. The van der Waals surface area contributed by atoms with Gasteiger partial charge in [0.05, 0.1) is 37.4 Å². The van der Waals surface area contributed by atoms with Crippen LogP contribution in [-0.2, 0) is 44.2 Å². The van der Waals surface area contributed by atoms with Crippen LogP contribution >= 0.6 is 0 Å². The quantitative estimate of drug-likeness (QED) is 0.458. The summed E-state index contributed by atoms with van der Waals surface area (Å²) in [6.07, 6.45) is 1.37. The van der Waals surface area contributed by atoms with Crippen molar-refractivity contribution < 1.29 is 24.2 Å². The predicted octanol–water partition coefficient (Wildman–Crippen LogP) is 3.93. The molecular formula is C34H35N3O5. The van der Waals surface area contributed by atoms with Crippen molar-refractivity contribution in [1.82, 2.24) is 4.90 Å². The third kappa shape index (κ3) is 4.24. The Morgan fingerprint density at radius 2 is 1.79 bits per heavy atom. The van der Waals surface area contributed by atoms with Gasteiger partial charge in [0.15, 0.2) is 5.60 Å². The molecule has 3 aromatic rings. The highest BCUT2D eigenvalue weighted by atomic mass is 16.5. The molecule has 4 aliphatic rings. The highest BCUT2D eigenvalue weighted by Crippen LogP contribution is 2.55. The van der Waals surface area contributed by atoms with Crippen LogP contribution in [0.2, 0.25) is 0 Å². The van der Waals surface area contributed by atoms with Crippen LogP contribution in [0.1, 0.15) is 48.4 Å². The molecule has 0 aliphatic carbocycles. The van der Waals surface area contributed by atoms with Gasteiger partial charge in [0.1, 0.15) is 0 Å². The summed E-state index contributed by atoms with van der Waals surface area (Å²) >= 11 is 0. The van der Waals surface area contributed by atoms with Gasteiger partial charge in [-0.05, 0) is 47.7 Å². The fourth-order valence-corrected chi connectivity index (χ4v) is 7.22. The molecule has 8 heteroatoms. The second kappa shape index (κ2) is 10.4. The van der Waals surface area contributed by atoms with Gasteiger partial charge in [0.2, 0.25) is 11.8 Å². The number of carbonyl (C=O) groups excluding carboxylic acids is 3. The minimum Gasteiger partial charge on any atom is -0.394 e. The highest BCUT2D eigenvalue weighted by molar-refractivity contribution is 6.08. The number of β-lactam (4-membered cyclic amide) rings is 1. The summed E-state index contributed by atoms with van der Waals surface area (Å²) in [5.41, 5.74) is 4.35. The molecule has 2 fully saturated rings. The molecule has 8 nitrogen and oxygen atoms in total. The summed E-state index contributed by atoms with van der Waals surface area (Å²) in [7, 11) is 0. The largest absolute Gasteiger partial charge is 0.394 e. The Morgan fingerprint density at radius 3 is 2.50 bits per heavy atom. The van der Waals surface area contributed by atoms with Gasteiger partial charge >= 0.3 is 0 Å². The normalized spacial score (nSPS) is 26.4. The SMILES string of the molecule is C[C@H]1C[C@@H](CC(=O)N2Cc3ccccc3C[C@H]2CO)O[C@]12C(=O)N(Cc1ccccc1)c1ccc(N3CCC3=O)cc12. The zero-order valence-electron chi connectivity index (χ0n) is 23.7. The average molecular weight is 566 g/mol.